The normalized spacial score (nSPS) is 20.9. The van der Waals surface area contributed by atoms with Crippen molar-refractivity contribution in [1.82, 2.24) is 10.2 Å². The maximum atomic E-state index is 13.2. The molecule has 2 aliphatic heterocycles. The van der Waals surface area contributed by atoms with Gasteiger partial charge in [-0.3, -0.25) is 14.5 Å². The standard InChI is InChI=1S/C19H16FN3O4/c20-12-4-3-5-13(10-12)21-16(24)11-23-17(25)19(22-18(23)26)8-9-27-15-7-2-1-6-14(15)19/h1-7,10H,8-9,11H2,(H,21,24)(H,22,26)/t19-/m0/s1. The highest BCUT2D eigenvalue weighted by molar-refractivity contribution is 6.10. The number of benzene rings is 2. The molecule has 27 heavy (non-hydrogen) atoms. The average molecular weight is 369 g/mol. The Bertz CT molecular complexity index is 948. The summed E-state index contributed by atoms with van der Waals surface area (Å²) in [5.74, 6) is -1.07. The second-order valence-corrected chi connectivity index (χ2v) is 6.38. The second kappa shape index (κ2) is 6.39. The Hall–Kier alpha value is -3.42. The summed E-state index contributed by atoms with van der Waals surface area (Å²) < 4.78 is 18.8. The molecular weight excluding hydrogens is 353 g/mol. The van der Waals surface area contributed by atoms with Crippen LogP contribution in [0.1, 0.15) is 12.0 Å². The fourth-order valence-corrected chi connectivity index (χ4v) is 3.43. The van der Waals surface area contributed by atoms with Gasteiger partial charge in [0.25, 0.3) is 5.91 Å². The maximum absolute atomic E-state index is 13.2. The van der Waals surface area contributed by atoms with Crippen molar-refractivity contribution < 1.29 is 23.5 Å². The van der Waals surface area contributed by atoms with Crippen LogP contribution in [0.5, 0.6) is 5.75 Å². The Morgan fingerprint density at radius 1 is 1.22 bits per heavy atom. The molecule has 0 aliphatic carbocycles. The van der Waals surface area contributed by atoms with E-state index >= 15 is 0 Å². The Morgan fingerprint density at radius 2 is 2.04 bits per heavy atom. The second-order valence-electron chi connectivity index (χ2n) is 6.38. The number of carbonyl (C=O) groups excluding carboxylic acids is 3. The number of urea groups is 1. The largest absolute Gasteiger partial charge is 0.493 e. The summed E-state index contributed by atoms with van der Waals surface area (Å²) in [6.07, 6.45) is 0.274. The summed E-state index contributed by atoms with van der Waals surface area (Å²) in [5, 5.41) is 5.20. The number of ether oxygens (including phenoxy) is 1. The van der Waals surface area contributed by atoms with Crippen LogP contribution in [0.4, 0.5) is 14.9 Å². The highest BCUT2D eigenvalue weighted by atomic mass is 19.1. The molecule has 0 radical (unpaired) electrons. The number of rotatable bonds is 3. The van der Waals surface area contributed by atoms with Crippen LogP contribution < -0.4 is 15.4 Å². The molecule has 1 atom stereocenters. The lowest BCUT2D eigenvalue weighted by molar-refractivity contribution is -0.135. The molecule has 8 heteroatoms. The molecule has 2 aromatic rings. The van der Waals surface area contributed by atoms with Gasteiger partial charge in [-0.05, 0) is 24.3 Å². The SMILES string of the molecule is O=C(CN1C(=O)N[C@]2(CCOc3ccccc32)C1=O)Nc1cccc(F)c1. The monoisotopic (exact) mass is 369 g/mol. The van der Waals surface area contributed by atoms with Gasteiger partial charge in [0.1, 0.15) is 18.1 Å². The number of hydrogen-bond donors (Lipinski definition) is 2. The zero-order valence-electron chi connectivity index (χ0n) is 14.2. The maximum Gasteiger partial charge on any atom is 0.325 e. The highest BCUT2D eigenvalue weighted by Gasteiger charge is 2.55. The van der Waals surface area contributed by atoms with Crippen LogP contribution in [-0.4, -0.2) is 35.9 Å². The van der Waals surface area contributed by atoms with Crippen LogP contribution in [0.2, 0.25) is 0 Å². The Morgan fingerprint density at radius 3 is 2.85 bits per heavy atom. The molecule has 4 amide bonds. The molecule has 0 aromatic heterocycles. The third kappa shape index (κ3) is 2.88. The van der Waals surface area contributed by atoms with E-state index in [2.05, 4.69) is 10.6 Å². The lowest BCUT2D eigenvalue weighted by Crippen LogP contribution is -2.48. The van der Waals surface area contributed by atoms with E-state index in [0.29, 0.717) is 11.3 Å². The molecule has 0 bridgehead atoms. The molecule has 2 heterocycles. The van der Waals surface area contributed by atoms with Gasteiger partial charge in [0, 0.05) is 17.7 Å². The number of nitrogens with zero attached hydrogens (tertiary/aromatic N) is 1. The van der Waals surface area contributed by atoms with E-state index in [4.69, 9.17) is 4.74 Å². The van der Waals surface area contributed by atoms with Gasteiger partial charge in [0.05, 0.1) is 6.61 Å². The molecule has 2 aliphatic rings. The highest BCUT2D eigenvalue weighted by Crippen LogP contribution is 2.40. The third-order valence-electron chi connectivity index (χ3n) is 4.67. The van der Waals surface area contributed by atoms with Gasteiger partial charge in [0.15, 0.2) is 5.54 Å². The molecule has 0 saturated carbocycles. The number of hydrogen-bond acceptors (Lipinski definition) is 4. The van der Waals surface area contributed by atoms with E-state index in [-0.39, 0.29) is 18.7 Å². The van der Waals surface area contributed by atoms with Crippen LogP contribution in [0.3, 0.4) is 0 Å². The minimum Gasteiger partial charge on any atom is -0.493 e. The first-order chi connectivity index (χ1) is 13.0. The number of nitrogens with one attached hydrogen (secondary N) is 2. The molecule has 1 saturated heterocycles. The van der Waals surface area contributed by atoms with Gasteiger partial charge >= 0.3 is 6.03 Å². The number of anilines is 1. The molecule has 4 rings (SSSR count). The fraction of sp³-hybridized carbons (Fsp3) is 0.211. The molecule has 1 spiro atoms. The number of para-hydroxylation sites is 1. The third-order valence-corrected chi connectivity index (χ3v) is 4.67. The smallest absolute Gasteiger partial charge is 0.325 e. The van der Waals surface area contributed by atoms with E-state index < -0.39 is 35.7 Å². The summed E-state index contributed by atoms with van der Waals surface area (Å²) in [5.41, 5.74) is -0.411. The molecule has 2 N–H and O–H groups in total. The first kappa shape index (κ1) is 17.0. The van der Waals surface area contributed by atoms with Crippen LogP contribution in [-0.2, 0) is 15.1 Å². The molecule has 0 unspecified atom stereocenters. The van der Waals surface area contributed by atoms with Gasteiger partial charge in [0.2, 0.25) is 5.91 Å². The first-order valence-corrected chi connectivity index (χ1v) is 8.41. The number of carbonyl (C=O) groups is 3. The quantitative estimate of drug-likeness (QED) is 0.810. The van der Waals surface area contributed by atoms with E-state index in [9.17, 15) is 18.8 Å². The summed E-state index contributed by atoms with van der Waals surface area (Å²) in [7, 11) is 0. The van der Waals surface area contributed by atoms with Crippen molar-refractivity contribution >= 4 is 23.5 Å². The minimum absolute atomic E-state index is 0.248. The molecule has 2 aromatic carbocycles. The molecular formula is C19H16FN3O4. The van der Waals surface area contributed by atoms with Crippen LogP contribution in [0, 0.1) is 5.82 Å². The molecule has 1 fully saturated rings. The topological polar surface area (TPSA) is 87.7 Å². The van der Waals surface area contributed by atoms with E-state index in [0.717, 1.165) is 11.0 Å². The molecule has 138 valence electrons. The van der Waals surface area contributed by atoms with Crippen LogP contribution in [0.15, 0.2) is 48.5 Å². The fourth-order valence-electron chi connectivity index (χ4n) is 3.43. The van der Waals surface area contributed by atoms with Gasteiger partial charge in [-0.25, -0.2) is 9.18 Å². The zero-order valence-corrected chi connectivity index (χ0v) is 14.2. The van der Waals surface area contributed by atoms with E-state index in [1.54, 1.807) is 24.3 Å². The van der Waals surface area contributed by atoms with Gasteiger partial charge < -0.3 is 15.4 Å². The zero-order chi connectivity index (χ0) is 19.0. The lowest BCUT2D eigenvalue weighted by Gasteiger charge is -2.33. The van der Waals surface area contributed by atoms with Crippen molar-refractivity contribution in [2.75, 3.05) is 18.5 Å². The number of imide groups is 1. The predicted octanol–water partition coefficient (Wildman–Crippen LogP) is 1.99. The Labute approximate surface area is 154 Å². The number of halogens is 1. The average Bonchev–Trinajstić information content (AvgIpc) is 2.87. The van der Waals surface area contributed by atoms with Crippen molar-refractivity contribution in [3.8, 4) is 5.75 Å². The summed E-state index contributed by atoms with van der Waals surface area (Å²) in [6.45, 7) is -0.196. The number of amides is 4. The van der Waals surface area contributed by atoms with E-state index in [1.165, 1.54) is 18.2 Å². The Kier molecular flexibility index (Phi) is 4.02. The van der Waals surface area contributed by atoms with Crippen molar-refractivity contribution in [3.05, 3.63) is 59.9 Å². The summed E-state index contributed by atoms with van der Waals surface area (Å²) >= 11 is 0. The van der Waals surface area contributed by atoms with Gasteiger partial charge in [-0.2, -0.15) is 0 Å². The van der Waals surface area contributed by atoms with Crippen molar-refractivity contribution in [3.63, 3.8) is 0 Å². The lowest BCUT2D eigenvalue weighted by atomic mass is 9.84. The van der Waals surface area contributed by atoms with E-state index in [1.807, 2.05) is 0 Å². The van der Waals surface area contributed by atoms with Crippen LogP contribution in [0.25, 0.3) is 0 Å². The number of fused-ring (bicyclic) bond motifs is 2. The van der Waals surface area contributed by atoms with Gasteiger partial charge in [-0.15, -0.1) is 0 Å². The minimum atomic E-state index is -1.23. The molecule has 7 nitrogen and oxygen atoms in total. The van der Waals surface area contributed by atoms with Crippen molar-refractivity contribution in [1.29, 1.82) is 0 Å². The van der Waals surface area contributed by atoms with Crippen molar-refractivity contribution in [2.24, 2.45) is 0 Å². The van der Waals surface area contributed by atoms with Crippen LogP contribution >= 0.6 is 0 Å². The van der Waals surface area contributed by atoms with Crippen molar-refractivity contribution in [2.45, 2.75) is 12.0 Å². The first-order valence-electron chi connectivity index (χ1n) is 8.41. The Balaban J connectivity index is 1.55. The summed E-state index contributed by atoms with van der Waals surface area (Å²) in [4.78, 5) is 38.6. The summed E-state index contributed by atoms with van der Waals surface area (Å²) in [6, 6.07) is 11.7. The predicted molar refractivity (Wildman–Crippen MR) is 93.5 cm³/mol. The van der Waals surface area contributed by atoms with Gasteiger partial charge in [-0.1, -0.05) is 24.3 Å².